The van der Waals surface area contributed by atoms with Crippen molar-refractivity contribution in [2.75, 3.05) is 50.7 Å². The topological polar surface area (TPSA) is 89.4 Å². The summed E-state index contributed by atoms with van der Waals surface area (Å²) in [6, 6.07) is 7.45. The van der Waals surface area contributed by atoms with Crippen molar-refractivity contribution in [2.45, 2.75) is 39.7 Å². The van der Waals surface area contributed by atoms with E-state index in [2.05, 4.69) is 27.4 Å². The maximum absolute atomic E-state index is 11.7. The van der Waals surface area contributed by atoms with Gasteiger partial charge in [-0.1, -0.05) is 12.1 Å². The third-order valence-corrected chi connectivity index (χ3v) is 4.40. The number of alkyl carbamates (subject to hydrolysis) is 1. The summed E-state index contributed by atoms with van der Waals surface area (Å²) < 4.78 is 5.23. The van der Waals surface area contributed by atoms with Crippen LogP contribution in [0.3, 0.4) is 0 Å². The predicted molar refractivity (Wildman–Crippen MR) is 132 cm³/mol. The van der Waals surface area contributed by atoms with E-state index in [1.54, 1.807) is 6.07 Å². The molecule has 0 saturated carbocycles. The second-order valence-corrected chi connectivity index (χ2v) is 7.98. The molecule has 1 aromatic rings. The fourth-order valence-electron chi connectivity index (χ4n) is 3.09. The number of guanidine groups is 1. The van der Waals surface area contributed by atoms with Crippen LogP contribution in [0, 0.1) is 0 Å². The molecule has 1 saturated heterocycles. The van der Waals surface area contributed by atoms with Gasteiger partial charge in [0.05, 0.1) is 5.69 Å². The van der Waals surface area contributed by atoms with Crippen LogP contribution in [0.2, 0.25) is 0 Å². The summed E-state index contributed by atoms with van der Waals surface area (Å²) >= 11 is 0. The highest BCUT2D eigenvalue weighted by Gasteiger charge is 2.21. The summed E-state index contributed by atoms with van der Waals surface area (Å²) in [4.78, 5) is 20.8. The minimum Gasteiger partial charge on any atom is -0.506 e. The molecule has 0 aliphatic carbocycles. The average Bonchev–Trinajstić information content (AvgIpc) is 2.66. The lowest BCUT2D eigenvalue weighted by atomic mass is 10.2. The smallest absolute Gasteiger partial charge is 0.407 e. The number of benzene rings is 1. The first-order valence-corrected chi connectivity index (χ1v) is 10.3. The molecule has 0 radical (unpaired) electrons. The summed E-state index contributed by atoms with van der Waals surface area (Å²) in [5.74, 6) is 1.21. The summed E-state index contributed by atoms with van der Waals surface area (Å²) in [5, 5.41) is 16.2. The van der Waals surface area contributed by atoms with Crippen molar-refractivity contribution in [3.05, 3.63) is 24.3 Å². The molecular formula is C21H36IN5O3. The van der Waals surface area contributed by atoms with Crippen LogP contribution >= 0.6 is 24.0 Å². The summed E-state index contributed by atoms with van der Waals surface area (Å²) in [6.45, 7) is 12.8. The van der Waals surface area contributed by atoms with E-state index >= 15 is 0 Å². The van der Waals surface area contributed by atoms with E-state index in [9.17, 15) is 9.90 Å². The third kappa shape index (κ3) is 8.85. The van der Waals surface area contributed by atoms with Gasteiger partial charge in [0.15, 0.2) is 5.96 Å². The van der Waals surface area contributed by atoms with Gasteiger partial charge >= 0.3 is 6.09 Å². The number of nitrogens with one attached hydrogen (secondary N) is 2. The van der Waals surface area contributed by atoms with Crippen LogP contribution in [-0.2, 0) is 4.74 Å². The van der Waals surface area contributed by atoms with E-state index in [-0.39, 0.29) is 24.0 Å². The zero-order valence-corrected chi connectivity index (χ0v) is 20.8. The number of rotatable bonds is 6. The monoisotopic (exact) mass is 533 g/mol. The fraction of sp³-hybridized carbons (Fsp3) is 0.619. The predicted octanol–water partition coefficient (Wildman–Crippen LogP) is 3.01. The van der Waals surface area contributed by atoms with Gasteiger partial charge in [-0.25, -0.2) is 4.79 Å². The number of halogens is 1. The van der Waals surface area contributed by atoms with Gasteiger partial charge in [0.1, 0.15) is 11.4 Å². The number of carbonyl (C=O) groups is 1. The van der Waals surface area contributed by atoms with Crippen molar-refractivity contribution in [1.82, 2.24) is 15.5 Å². The van der Waals surface area contributed by atoms with Crippen molar-refractivity contribution < 1.29 is 14.6 Å². The van der Waals surface area contributed by atoms with Crippen molar-refractivity contribution in [3.63, 3.8) is 0 Å². The molecule has 0 aromatic heterocycles. The van der Waals surface area contributed by atoms with Crippen LogP contribution in [0.5, 0.6) is 5.75 Å². The number of carbonyl (C=O) groups excluding carboxylic acids is 1. The largest absolute Gasteiger partial charge is 0.506 e. The number of phenolic OH excluding ortho intramolecular Hbond substituents is 1. The molecule has 9 heteroatoms. The van der Waals surface area contributed by atoms with E-state index in [0.29, 0.717) is 18.8 Å². The fourth-order valence-corrected chi connectivity index (χ4v) is 3.09. The zero-order valence-electron chi connectivity index (χ0n) is 18.5. The van der Waals surface area contributed by atoms with E-state index in [1.807, 2.05) is 39.0 Å². The Morgan fingerprint density at radius 2 is 1.83 bits per heavy atom. The van der Waals surface area contributed by atoms with E-state index in [4.69, 9.17) is 9.73 Å². The van der Waals surface area contributed by atoms with Gasteiger partial charge in [0, 0.05) is 45.8 Å². The molecule has 0 bridgehead atoms. The van der Waals surface area contributed by atoms with Gasteiger partial charge in [0.2, 0.25) is 0 Å². The molecule has 30 heavy (non-hydrogen) atoms. The number of nitrogens with zero attached hydrogens (tertiary/aromatic N) is 3. The molecule has 1 aliphatic heterocycles. The molecule has 8 nitrogen and oxygen atoms in total. The third-order valence-electron chi connectivity index (χ3n) is 4.40. The Hall–Kier alpha value is -1.91. The number of ether oxygens (including phenoxy) is 1. The Labute approximate surface area is 197 Å². The Morgan fingerprint density at radius 1 is 1.17 bits per heavy atom. The highest BCUT2D eigenvalue weighted by Crippen LogP contribution is 2.27. The van der Waals surface area contributed by atoms with Crippen molar-refractivity contribution in [3.8, 4) is 5.75 Å². The SMILES string of the molecule is CCNC(=NCCCNC(=O)OC(C)(C)C)N1CCN(c2ccccc2O)CC1.I. The number of anilines is 1. The molecule has 1 heterocycles. The molecule has 170 valence electrons. The van der Waals surface area contributed by atoms with Crippen LogP contribution < -0.4 is 15.5 Å². The minimum absolute atomic E-state index is 0. The molecular weight excluding hydrogens is 497 g/mol. The van der Waals surface area contributed by atoms with Crippen LogP contribution in [0.15, 0.2) is 29.3 Å². The zero-order chi connectivity index (χ0) is 21.3. The Balaban J connectivity index is 0.00000450. The van der Waals surface area contributed by atoms with Gasteiger partial charge in [-0.05, 0) is 46.2 Å². The number of amides is 1. The van der Waals surface area contributed by atoms with Crippen molar-refractivity contribution in [2.24, 2.45) is 4.99 Å². The van der Waals surface area contributed by atoms with Gasteiger partial charge in [-0.3, -0.25) is 4.99 Å². The molecule has 2 rings (SSSR count). The molecule has 0 unspecified atom stereocenters. The van der Waals surface area contributed by atoms with Gasteiger partial charge in [-0.2, -0.15) is 0 Å². The second kappa shape index (κ2) is 12.7. The molecule has 1 amide bonds. The molecule has 1 aliphatic rings. The molecule has 1 aromatic carbocycles. The first kappa shape index (κ1) is 26.1. The Bertz CT molecular complexity index is 685. The summed E-state index contributed by atoms with van der Waals surface area (Å²) in [7, 11) is 0. The number of aromatic hydroxyl groups is 1. The van der Waals surface area contributed by atoms with Gasteiger partial charge < -0.3 is 30.3 Å². The van der Waals surface area contributed by atoms with Gasteiger partial charge in [-0.15, -0.1) is 24.0 Å². The van der Waals surface area contributed by atoms with Crippen LogP contribution in [-0.4, -0.2) is 73.5 Å². The maximum atomic E-state index is 11.7. The highest BCUT2D eigenvalue weighted by atomic mass is 127. The highest BCUT2D eigenvalue weighted by molar-refractivity contribution is 14.0. The first-order valence-electron chi connectivity index (χ1n) is 10.3. The average molecular weight is 533 g/mol. The summed E-state index contributed by atoms with van der Waals surface area (Å²) in [6.07, 6.45) is 0.347. The normalized spacial score (nSPS) is 14.7. The first-order chi connectivity index (χ1) is 13.8. The van der Waals surface area contributed by atoms with E-state index in [1.165, 1.54) is 0 Å². The van der Waals surface area contributed by atoms with Gasteiger partial charge in [0.25, 0.3) is 0 Å². The molecule has 0 spiro atoms. The van der Waals surface area contributed by atoms with Crippen molar-refractivity contribution >= 4 is 41.7 Å². The lowest BCUT2D eigenvalue weighted by molar-refractivity contribution is 0.0527. The maximum Gasteiger partial charge on any atom is 0.407 e. The number of aliphatic imine (C=N–C) groups is 1. The van der Waals surface area contributed by atoms with Crippen LogP contribution in [0.4, 0.5) is 10.5 Å². The lowest BCUT2D eigenvalue weighted by Crippen LogP contribution is -2.52. The number of hydrogen-bond acceptors (Lipinski definition) is 5. The van der Waals surface area contributed by atoms with Crippen LogP contribution in [0.1, 0.15) is 34.1 Å². The molecule has 1 fully saturated rings. The number of phenols is 1. The number of hydrogen-bond donors (Lipinski definition) is 3. The minimum atomic E-state index is -0.487. The Morgan fingerprint density at radius 3 is 2.43 bits per heavy atom. The summed E-state index contributed by atoms with van der Waals surface area (Å²) in [5.41, 5.74) is 0.390. The lowest BCUT2D eigenvalue weighted by Gasteiger charge is -2.37. The second-order valence-electron chi connectivity index (χ2n) is 7.98. The standard InChI is InChI=1S/C21H35N5O3.HI/c1-5-22-19(23-11-8-12-24-20(28)29-21(2,3)4)26-15-13-25(14-16-26)17-9-6-7-10-18(17)27;/h6-7,9-10,27H,5,8,11-16H2,1-4H3,(H,22,23)(H,24,28);1H. The quantitative estimate of drug-likeness (QED) is 0.226. The number of para-hydroxylation sites is 2. The van der Waals surface area contributed by atoms with Crippen LogP contribution in [0.25, 0.3) is 0 Å². The van der Waals surface area contributed by atoms with E-state index in [0.717, 1.165) is 50.8 Å². The molecule has 0 atom stereocenters. The van der Waals surface area contributed by atoms with E-state index < -0.39 is 11.7 Å². The Kier molecular flexibility index (Phi) is 11.1. The number of piperazine rings is 1. The van der Waals surface area contributed by atoms with Crippen molar-refractivity contribution in [1.29, 1.82) is 0 Å². The molecule has 3 N–H and O–H groups in total.